The van der Waals surface area contributed by atoms with E-state index in [1.165, 1.54) is 12.8 Å². The van der Waals surface area contributed by atoms with E-state index in [2.05, 4.69) is 17.2 Å². The van der Waals surface area contributed by atoms with E-state index >= 15 is 0 Å². The maximum Gasteiger partial charge on any atom is 0.227 e. The summed E-state index contributed by atoms with van der Waals surface area (Å²) in [5.74, 6) is 5.83. The topological polar surface area (TPSA) is 49.3 Å². The van der Waals surface area contributed by atoms with E-state index in [0.29, 0.717) is 0 Å². The first-order valence-corrected chi connectivity index (χ1v) is 7.72. The normalized spacial score (nSPS) is 15.7. The summed E-state index contributed by atoms with van der Waals surface area (Å²) < 4.78 is 0. The van der Waals surface area contributed by atoms with Crippen molar-refractivity contribution in [2.75, 3.05) is 11.9 Å². The molecule has 1 saturated carbocycles. The lowest BCUT2D eigenvalue weighted by molar-refractivity contribution is -0.120. The molecule has 21 heavy (non-hydrogen) atoms. The van der Waals surface area contributed by atoms with Gasteiger partial charge in [0, 0.05) is 17.2 Å². The highest BCUT2D eigenvalue weighted by atomic mass is 16.2. The molecule has 0 aliphatic heterocycles. The lowest BCUT2D eigenvalue weighted by Crippen LogP contribution is -2.22. The van der Waals surface area contributed by atoms with Gasteiger partial charge in [0.2, 0.25) is 5.91 Å². The van der Waals surface area contributed by atoms with E-state index in [-0.39, 0.29) is 18.4 Å². The molecule has 0 heterocycles. The van der Waals surface area contributed by atoms with Crippen LogP contribution in [0.5, 0.6) is 0 Å². The third-order valence-corrected chi connectivity index (χ3v) is 4.03. The van der Waals surface area contributed by atoms with Crippen molar-refractivity contribution in [2.45, 2.75) is 45.4 Å². The third kappa shape index (κ3) is 4.61. The van der Waals surface area contributed by atoms with E-state index in [9.17, 15) is 4.79 Å². The molecule has 2 rings (SSSR count). The van der Waals surface area contributed by atoms with Crippen LogP contribution in [0.25, 0.3) is 0 Å². The Kier molecular flexibility index (Phi) is 5.83. The first kappa shape index (κ1) is 15.6. The Hall–Kier alpha value is -1.79. The number of hydrogen-bond donors (Lipinski definition) is 2. The minimum absolute atomic E-state index is 0.127. The van der Waals surface area contributed by atoms with Gasteiger partial charge in [0.15, 0.2) is 0 Å². The SMILES string of the molecule is Cc1ccc(NC(=O)C2CCCCCC2)cc1C#CCO. The Balaban J connectivity index is 2.06. The molecule has 112 valence electrons. The number of anilines is 1. The number of aryl methyl sites for hydroxylation is 1. The van der Waals surface area contributed by atoms with Crippen LogP contribution < -0.4 is 5.32 Å². The Bertz CT molecular complexity index is 546. The van der Waals surface area contributed by atoms with Gasteiger partial charge in [-0.3, -0.25) is 4.79 Å². The molecule has 0 atom stereocenters. The maximum atomic E-state index is 12.3. The summed E-state index contributed by atoms with van der Waals surface area (Å²) >= 11 is 0. The molecule has 3 heteroatoms. The van der Waals surface area contributed by atoms with Gasteiger partial charge in [0.25, 0.3) is 0 Å². The Labute approximate surface area is 126 Å². The number of nitrogens with one attached hydrogen (secondary N) is 1. The molecular weight excluding hydrogens is 262 g/mol. The molecular formula is C18H23NO2. The van der Waals surface area contributed by atoms with E-state index < -0.39 is 0 Å². The summed E-state index contributed by atoms with van der Waals surface area (Å²) in [7, 11) is 0. The number of aliphatic hydroxyl groups excluding tert-OH is 1. The third-order valence-electron chi connectivity index (χ3n) is 4.03. The van der Waals surface area contributed by atoms with Crippen molar-refractivity contribution in [3.05, 3.63) is 29.3 Å². The molecule has 0 spiro atoms. The van der Waals surface area contributed by atoms with Crippen LogP contribution in [0.3, 0.4) is 0 Å². The monoisotopic (exact) mass is 285 g/mol. The zero-order chi connectivity index (χ0) is 15.1. The second-order valence-corrected chi connectivity index (χ2v) is 5.67. The van der Waals surface area contributed by atoms with Crippen LogP contribution in [-0.2, 0) is 4.79 Å². The van der Waals surface area contributed by atoms with Crippen molar-refractivity contribution < 1.29 is 9.90 Å². The maximum absolute atomic E-state index is 12.3. The molecule has 3 nitrogen and oxygen atoms in total. The number of amides is 1. The molecule has 0 unspecified atom stereocenters. The molecule has 1 fully saturated rings. The summed E-state index contributed by atoms with van der Waals surface area (Å²) in [4.78, 5) is 12.3. The fraction of sp³-hybridized carbons (Fsp3) is 0.500. The number of rotatable bonds is 2. The molecule has 0 bridgehead atoms. The zero-order valence-corrected chi connectivity index (χ0v) is 12.6. The molecule has 0 radical (unpaired) electrons. The summed E-state index contributed by atoms with van der Waals surface area (Å²) in [6.07, 6.45) is 6.78. The van der Waals surface area contributed by atoms with E-state index in [1.54, 1.807) is 0 Å². The summed E-state index contributed by atoms with van der Waals surface area (Å²) in [6, 6.07) is 5.74. The molecule has 0 saturated heterocycles. The van der Waals surface area contributed by atoms with Crippen molar-refractivity contribution >= 4 is 11.6 Å². The first-order chi connectivity index (χ1) is 10.2. The fourth-order valence-electron chi connectivity index (χ4n) is 2.76. The van der Waals surface area contributed by atoms with Gasteiger partial charge >= 0.3 is 0 Å². The van der Waals surface area contributed by atoms with Crippen LogP contribution in [0.4, 0.5) is 5.69 Å². The molecule has 0 aromatic heterocycles. The summed E-state index contributed by atoms with van der Waals surface area (Å²) in [5, 5.41) is 11.8. The number of benzene rings is 1. The predicted molar refractivity (Wildman–Crippen MR) is 85.0 cm³/mol. The molecule has 1 aromatic carbocycles. The minimum Gasteiger partial charge on any atom is -0.384 e. The van der Waals surface area contributed by atoms with Crippen LogP contribution in [0.15, 0.2) is 18.2 Å². The number of carbonyl (C=O) groups excluding carboxylic acids is 1. The zero-order valence-electron chi connectivity index (χ0n) is 12.6. The number of carbonyl (C=O) groups is 1. The van der Waals surface area contributed by atoms with Crippen LogP contribution >= 0.6 is 0 Å². The Morgan fingerprint density at radius 1 is 1.29 bits per heavy atom. The van der Waals surface area contributed by atoms with Gasteiger partial charge in [-0.05, 0) is 37.5 Å². The number of hydrogen-bond acceptors (Lipinski definition) is 2. The highest BCUT2D eigenvalue weighted by Crippen LogP contribution is 2.24. The standard InChI is InChI=1S/C18H23NO2/c1-14-10-11-17(13-16(14)9-6-12-20)19-18(21)15-7-4-2-3-5-8-15/h10-11,13,15,20H,2-5,7-8,12H2,1H3,(H,19,21). The van der Waals surface area contributed by atoms with Crippen molar-refractivity contribution in [1.82, 2.24) is 0 Å². The van der Waals surface area contributed by atoms with Crippen molar-refractivity contribution in [1.29, 1.82) is 0 Å². The van der Waals surface area contributed by atoms with E-state index in [4.69, 9.17) is 5.11 Å². The Morgan fingerprint density at radius 2 is 2.00 bits per heavy atom. The van der Waals surface area contributed by atoms with Gasteiger partial charge < -0.3 is 10.4 Å². The average Bonchev–Trinajstić information content (AvgIpc) is 2.77. The lowest BCUT2D eigenvalue weighted by atomic mass is 9.99. The summed E-state index contributed by atoms with van der Waals surface area (Å²) in [5.41, 5.74) is 2.68. The fourth-order valence-corrected chi connectivity index (χ4v) is 2.76. The van der Waals surface area contributed by atoms with E-state index in [1.807, 2.05) is 25.1 Å². The van der Waals surface area contributed by atoms with Crippen LogP contribution in [0.2, 0.25) is 0 Å². The highest BCUT2D eigenvalue weighted by Gasteiger charge is 2.20. The lowest BCUT2D eigenvalue weighted by Gasteiger charge is -2.14. The molecule has 1 aliphatic rings. The predicted octanol–water partition coefficient (Wildman–Crippen LogP) is 3.25. The van der Waals surface area contributed by atoms with Gasteiger partial charge in [-0.15, -0.1) is 0 Å². The second-order valence-electron chi connectivity index (χ2n) is 5.67. The average molecular weight is 285 g/mol. The molecule has 2 N–H and O–H groups in total. The second kappa shape index (κ2) is 7.85. The molecule has 1 amide bonds. The number of aliphatic hydroxyl groups is 1. The smallest absolute Gasteiger partial charge is 0.227 e. The van der Waals surface area contributed by atoms with Gasteiger partial charge in [-0.2, -0.15) is 0 Å². The van der Waals surface area contributed by atoms with E-state index in [0.717, 1.165) is 42.5 Å². The van der Waals surface area contributed by atoms with Gasteiger partial charge in [-0.25, -0.2) is 0 Å². The van der Waals surface area contributed by atoms with Crippen LogP contribution in [-0.4, -0.2) is 17.6 Å². The molecule has 1 aliphatic carbocycles. The molecule has 1 aromatic rings. The first-order valence-electron chi connectivity index (χ1n) is 7.72. The largest absolute Gasteiger partial charge is 0.384 e. The van der Waals surface area contributed by atoms with Crippen molar-refractivity contribution in [3.63, 3.8) is 0 Å². The highest BCUT2D eigenvalue weighted by molar-refractivity contribution is 5.92. The van der Waals surface area contributed by atoms with Gasteiger partial charge in [0.1, 0.15) is 6.61 Å². The Morgan fingerprint density at radius 3 is 2.67 bits per heavy atom. The summed E-state index contributed by atoms with van der Waals surface area (Å²) in [6.45, 7) is 1.82. The van der Waals surface area contributed by atoms with Crippen molar-refractivity contribution in [3.8, 4) is 11.8 Å². The van der Waals surface area contributed by atoms with Gasteiger partial charge in [-0.1, -0.05) is 43.6 Å². The van der Waals surface area contributed by atoms with Gasteiger partial charge in [0.05, 0.1) is 0 Å². The van der Waals surface area contributed by atoms with Crippen LogP contribution in [0, 0.1) is 24.7 Å². The quantitative estimate of drug-likeness (QED) is 0.647. The van der Waals surface area contributed by atoms with Crippen molar-refractivity contribution in [2.24, 2.45) is 5.92 Å². The minimum atomic E-state index is -0.155. The van der Waals surface area contributed by atoms with Crippen LogP contribution in [0.1, 0.15) is 49.7 Å².